The van der Waals surface area contributed by atoms with E-state index in [1.165, 1.54) is 24.5 Å². The van der Waals surface area contributed by atoms with E-state index in [9.17, 15) is 22.0 Å². The Labute approximate surface area is 191 Å². The SMILES string of the molecule is COC(=O)C1=C2C/C(=N/S(C)(=O)=O)CN2C(c2nccs2)=N[C@H]1c1ccc(F)c(F)c1Cl. The molecule has 0 spiro atoms. The summed E-state index contributed by atoms with van der Waals surface area (Å²) in [5.74, 6) is -2.85. The number of hydrogen-bond acceptors (Lipinski definition) is 8. The number of carbonyl (C=O) groups excluding carboxylic acids is 1. The monoisotopic (exact) mass is 500 g/mol. The molecule has 3 heterocycles. The number of fused-ring (bicyclic) bond motifs is 1. The van der Waals surface area contributed by atoms with Gasteiger partial charge in [0.15, 0.2) is 22.5 Å². The highest BCUT2D eigenvalue weighted by Crippen LogP contribution is 2.42. The fourth-order valence-corrected chi connectivity index (χ4v) is 5.09. The molecule has 0 radical (unpaired) electrons. The number of amidine groups is 1. The standard InChI is InChI=1S/C19H15ClF2N4O4S2/c1-30-19(27)13-12-7-9(25-32(2,28)29)8-26(12)17(18-23-5-6-31-18)24-16(13)10-3-4-11(21)15(22)14(10)20/h3-6,16H,7-8H2,1-2H3/b25-9-/t16-/m0/s1. The number of sulfonamides is 1. The molecule has 2 aliphatic rings. The minimum Gasteiger partial charge on any atom is -0.466 e. The molecule has 1 saturated heterocycles. The van der Waals surface area contributed by atoms with Crippen molar-refractivity contribution in [1.82, 2.24) is 9.88 Å². The Morgan fingerprint density at radius 3 is 2.75 bits per heavy atom. The Balaban J connectivity index is 1.97. The molecule has 0 N–H and O–H groups in total. The van der Waals surface area contributed by atoms with Gasteiger partial charge in [0.25, 0.3) is 0 Å². The summed E-state index contributed by atoms with van der Waals surface area (Å²) in [6.45, 7) is 0.0551. The normalized spacial score (nSPS) is 19.9. The number of carbonyl (C=O) groups is 1. The van der Waals surface area contributed by atoms with Gasteiger partial charge in [-0.1, -0.05) is 17.7 Å². The second-order valence-corrected chi connectivity index (χ2v) is 9.88. The number of methoxy groups -OCH3 is 1. The van der Waals surface area contributed by atoms with E-state index < -0.39 is 38.7 Å². The summed E-state index contributed by atoms with van der Waals surface area (Å²) in [7, 11) is -2.52. The van der Waals surface area contributed by atoms with Gasteiger partial charge in [0.1, 0.15) is 6.04 Å². The molecule has 32 heavy (non-hydrogen) atoms. The maximum absolute atomic E-state index is 14.2. The lowest BCUT2D eigenvalue weighted by molar-refractivity contribution is -0.136. The molecule has 2 aromatic rings. The van der Waals surface area contributed by atoms with Crippen molar-refractivity contribution < 1.29 is 26.7 Å². The van der Waals surface area contributed by atoms with Crippen LogP contribution in [0.2, 0.25) is 5.02 Å². The number of allylic oxidation sites excluding steroid dienone is 1. The van der Waals surface area contributed by atoms with Gasteiger partial charge in [-0.3, -0.25) is 4.99 Å². The van der Waals surface area contributed by atoms with E-state index in [0.717, 1.165) is 12.3 Å². The van der Waals surface area contributed by atoms with Crippen molar-refractivity contribution in [3.05, 3.63) is 62.2 Å². The largest absolute Gasteiger partial charge is 0.466 e. The van der Waals surface area contributed by atoms with Crippen LogP contribution in [-0.2, 0) is 19.6 Å². The lowest BCUT2D eigenvalue weighted by Crippen LogP contribution is -2.35. The van der Waals surface area contributed by atoms with Crippen molar-refractivity contribution in [2.24, 2.45) is 9.39 Å². The molecule has 0 saturated carbocycles. The molecule has 0 unspecified atom stereocenters. The van der Waals surface area contributed by atoms with Crippen LogP contribution in [0.1, 0.15) is 23.0 Å². The predicted molar refractivity (Wildman–Crippen MR) is 115 cm³/mol. The zero-order valence-electron chi connectivity index (χ0n) is 16.7. The van der Waals surface area contributed by atoms with Crippen molar-refractivity contribution in [1.29, 1.82) is 0 Å². The number of thiazole rings is 1. The van der Waals surface area contributed by atoms with Crippen LogP contribution in [-0.4, -0.2) is 55.7 Å². The van der Waals surface area contributed by atoms with E-state index in [1.54, 1.807) is 16.5 Å². The van der Waals surface area contributed by atoms with Crippen LogP contribution in [0.15, 0.2) is 44.4 Å². The number of halogens is 3. The highest BCUT2D eigenvalue weighted by atomic mass is 35.5. The number of aliphatic imine (C=N–C) groups is 1. The quantitative estimate of drug-likeness (QED) is 0.472. The average Bonchev–Trinajstić information content (AvgIpc) is 3.39. The first kappa shape index (κ1) is 22.5. The number of aromatic nitrogens is 1. The number of nitrogens with zero attached hydrogens (tertiary/aromatic N) is 4. The van der Waals surface area contributed by atoms with Gasteiger partial charge in [-0.05, 0) is 6.07 Å². The smallest absolute Gasteiger partial charge is 0.338 e. The number of ether oxygens (including phenoxy) is 1. The van der Waals surface area contributed by atoms with Crippen LogP contribution in [0.25, 0.3) is 0 Å². The van der Waals surface area contributed by atoms with Crippen molar-refractivity contribution in [3.8, 4) is 0 Å². The summed E-state index contributed by atoms with van der Waals surface area (Å²) in [5.41, 5.74) is 0.746. The van der Waals surface area contributed by atoms with Crippen LogP contribution in [0, 0.1) is 11.6 Å². The Hall–Kier alpha value is -2.70. The van der Waals surface area contributed by atoms with Crippen LogP contribution < -0.4 is 0 Å². The summed E-state index contributed by atoms with van der Waals surface area (Å²) in [6, 6.07) is 1.01. The number of rotatable bonds is 4. The summed E-state index contributed by atoms with van der Waals surface area (Å²) >= 11 is 7.36. The zero-order chi connectivity index (χ0) is 23.2. The first-order valence-electron chi connectivity index (χ1n) is 9.08. The van der Waals surface area contributed by atoms with Gasteiger partial charge in [-0.15, -0.1) is 11.3 Å². The predicted octanol–water partition coefficient (Wildman–Crippen LogP) is 3.11. The van der Waals surface area contributed by atoms with Gasteiger partial charge in [0, 0.05) is 29.3 Å². The van der Waals surface area contributed by atoms with Gasteiger partial charge in [0.05, 0.1) is 36.2 Å². The Morgan fingerprint density at radius 2 is 2.12 bits per heavy atom. The van der Waals surface area contributed by atoms with Crippen LogP contribution in [0.5, 0.6) is 0 Å². The van der Waals surface area contributed by atoms with Gasteiger partial charge in [0.2, 0.25) is 10.0 Å². The van der Waals surface area contributed by atoms with Crippen molar-refractivity contribution in [2.75, 3.05) is 19.9 Å². The molecule has 2 aliphatic heterocycles. The zero-order valence-corrected chi connectivity index (χ0v) is 19.1. The summed E-state index contributed by atoms with van der Waals surface area (Å²) in [4.78, 5) is 23.3. The summed E-state index contributed by atoms with van der Waals surface area (Å²) in [6.07, 6.45) is 2.54. The third-order valence-electron chi connectivity index (χ3n) is 4.81. The first-order chi connectivity index (χ1) is 15.1. The molecule has 0 aliphatic carbocycles. The van der Waals surface area contributed by atoms with E-state index in [4.69, 9.17) is 16.3 Å². The van der Waals surface area contributed by atoms with Gasteiger partial charge >= 0.3 is 5.97 Å². The minimum absolute atomic E-state index is 0.0136. The molecule has 1 aromatic heterocycles. The molecular weight excluding hydrogens is 486 g/mol. The fourth-order valence-electron chi connectivity index (χ4n) is 3.60. The highest BCUT2D eigenvalue weighted by molar-refractivity contribution is 7.89. The molecule has 0 bridgehead atoms. The molecule has 1 aromatic carbocycles. The molecule has 1 atom stereocenters. The summed E-state index contributed by atoms with van der Waals surface area (Å²) in [5, 5.41) is 1.68. The minimum atomic E-state index is -3.69. The second kappa shape index (κ2) is 8.34. The van der Waals surface area contributed by atoms with E-state index in [1.807, 2.05) is 0 Å². The van der Waals surface area contributed by atoms with E-state index >= 15 is 0 Å². The van der Waals surface area contributed by atoms with E-state index in [2.05, 4.69) is 14.4 Å². The van der Waals surface area contributed by atoms with Crippen LogP contribution >= 0.6 is 22.9 Å². The van der Waals surface area contributed by atoms with E-state index in [0.29, 0.717) is 16.5 Å². The highest BCUT2D eigenvalue weighted by Gasteiger charge is 2.42. The van der Waals surface area contributed by atoms with Crippen molar-refractivity contribution in [3.63, 3.8) is 0 Å². The molecule has 1 fully saturated rings. The number of benzene rings is 1. The number of hydrogen-bond donors (Lipinski definition) is 0. The van der Waals surface area contributed by atoms with Crippen LogP contribution in [0.4, 0.5) is 8.78 Å². The molecule has 4 rings (SSSR count). The Morgan fingerprint density at radius 1 is 1.38 bits per heavy atom. The molecule has 8 nitrogen and oxygen atoms in total. The van der Waals surface area contributed by atoms with Gasteiger partial charge in [-0.2, -0.15) is 4.40 Å². The Kier molecular flexibility index (Phi) is 5.86. The van der Waals surface area contributed by atoms with Crippen LogP contribution in [0.3, 0.4) is 0 Å². The third-order valence-corrected chi connectivity index (χ3v) is 6.56. The fraction of sp³-hybridized carbons (Fsp3) is 0.263. The maximum atomic E-state index is 14.2. The first-order valence-corrected chi connectivity index (χ1v) is 12.2. The third kappa shape index (κ3) is 4.05. The molecule has 0 amide bonds. The lowest BCUT2D eigenvalue weighted by atomic mass is 9.94. The molecule has 168 valence electrons. The van der Waals surface area contributed by atoms with Crippen molar-refractivity contribution in [2.45, 2.75) is 12.5 Å². The number of esters is 1. The van der Waals surface area contributed by atoms with Crippen molar-refractivity contribution >= 4 is 50.5 Å². The van der Waals surface area contributed by atoms with Gasteiger partial charge < -0.3 is 9.64 Å². The molecule has 13 heteroatoms. The topological polar surface area (TPSA) is 101 Å². The lowest BCUT2D eigenvalue weighted by Gasteiger charge is -2.31. The second-order valence-electron chi connectivity index (χ2n) is 6.96. The Bertz CT molecular complexity index is 1310. The molecular formula is C19H15ClF2N4O4S2. The van der Waals surface area contributed by atoms with Gasteiger partial charge in [-0.25, -0.2) is 27.0 Å². The average molecular weight is 501 g/mol. The summed E-state index contributed by atoms with van der Waals surface area (Å²) < 4.78 is 60.1. The van der Waals surface area contributed by atoms with E-state index in [-0.39, 0.29) is 29.8 Å². The maximum Gasteiger partial charge on any atom is 0.338 e.